The summed E-state index contributed by atoms with van der Waals surface area (Å²) in [5.74, 6) is 1.59. The Labute approximate surface area is 160 Å². The van der Waals surface area contributed by atoms with Crippen molar-refractivity contribution >= 4 is 17.8 Å². The van der Waals surface area contributed by atoms with Crippen LogP contribution >= 0.6 is 0 Å². The van der Waals surface area contributed by atoms with Crippen LogP contribution in [0.3, 0.4) is 0 Å². The maximum atomic E-state index is 12.5. The van der Waals surface area contributed by atoms with E-state index in [1.54, 1.807) is 48.5 Å². The van der Waals surface area contributed by atoms with Crippen molar-refractivity contribution < 1.29 is 28.2 Å². The van der Waals surface area contributed by atoms with Crippen molar-refractivity contribution in [3.8, 4) is 17.2 Å². The Morgan fingerprint density at radius 2 is 1.89 bits per heavy atom. The van der Waals surface area contributed by atoms with E-state index < -0.39 is 5.97 Å². The molecule has 28 heavy (non-hydrogen) atoms. The number of hydrogen-bond donors (Lipinski definition) is 0. The fourth-order valence-corrected chi connectivity index (χ4v) is 2.87. The smallest absolute Gasteiger partial charge is 0.347 e. The Morgan fingerprint density at radius 3 is 2.64 bits per heavy atom. The van der Waals surface area contributed by atoms with Gasteiger partial charge >= 0.3 is 5.97 Å². The molecule has 0 saturated heterocycles. The lowest BCUT2D eigenvalue weighted by Gasteiger charge is -2.08. The number of hydrogen-bond acceptors (Lipinski definition) is 6. The monoisotopic (exact) mass is 376 g/mol. The summed E-state index contributed by atoms with van der Waals surface area (Å²) in [5.41, 5.74) is 0.697. The van der Waals surface area contributed by atoms with Gasteiger partial charge in [-0.2, -0.15) is 0 Å². The second-order valence-corrected chi connectivity index (χ2v) is 6.14. The minimum Gasteiger partial charge on any atom is -0.496 e. The second-order valence-electron chi connectivity index (χ2n) is 6.14. The molecule has 0 atom stereocenters. The minimum absolute atomic E-state index is 0.151. The van der Waals surface area contributed by atoms with E-state index in [2.05, 4.69) is 0 Å². The van der Waals surface area contributed by atoms with Crippen molar-refractivity contribution in [2.45, 2.75) is 6.92 Å². The fourth-order valence-electron chi connectivity index (χ4n) is 2.87. The normalized spacial score (nSPS) is 13.9. The molecule has 0 saturated carbocycles. The number of methoxy groups -OCH3 is 1. The van der Waals surface area contributed by atoms with Gasteiger partial charge in [-0.05, 0) is 43.3 Å². The number of Topliss-reactive ketones (excluding diaryl/α,β-unsaturated/α-hetero) is 1. The summed E-state index contributed by atoms with van der Waals surface area (Å²) in [6.07, 6.45) is 1.54. The molecule has 140 valence electrons. The molecule has 0 N–H and O–H groups in total. The molecule has 0 amide bonds. The average Bonchev–Trinajstić information content (AvgIpc) is 3.24. The van der Waals surface area contributed by atoms with Gasteiger partial charge < -0.3 is 18.6 Å². The van der Waals surface area contributed by atoms with Gasteiger partial charge in [0.15, 0.2) is 5.76 Å². The molecule has 0 bridgehead atoms. The molecule has 0 unspecified atom stereocenters. The number of furan rings is 1. The summed E-state index contributed by atoms with van der Waals surface area (Å²) in [6, 6.07) is 14.9. The zero-order chi connectivity index (χ0) is 19.7. The molecule has 0 radical (unpaired) electrons. The van der Waals surface area contributed by atoms with Crippen LogP contribution in [-0.4, -0.2) is 18.9 Å². The van der Waals surface area contributed by atoms with Gasteiger partial charge in [-0.25, -0.2) is 4.79 Å². The molecule has 4 rings (SSSR count). The standard InChI is InChI=1S/C22H16O6/c1-13-7-8-14(26-13)12-20-21(23)16-10-9-15(11-19(16)28-20)27-22(24)17-5-3-4-6-18(17)25-2/h3-12H,1-2H3/b20-12-. The van der Waals surface area contributed by atoms with Crippen molar-refractivity contribution in [3.63, 3.8) is 0 Å². The molecule has 6 nitrogen and oxygen atoms in total. The quantitative estimate of drug-likeness (QED) is 0.381. The van der Waals surface area contributed by atoms with Gasteiger partial charge in [0.25, 0.3) is 0 Å². The predicted molar refractivity (Wildman–Crippen MR) is 101 cm³/mol. The van der Waals surface area contributed by atoms with Crippen LogP contribution in [0.4, 0.5) is 0 Å². The number of carbonyl (C=O) groups excluding carboxylic acids is 2. The third-order valence-corrected chi connectivity index (χ3v) is 4.21. The first-order valence-corrected chi connectivity index (χ1v) is 8.55. The van der Waals surface area contributed by atoms with Gasteiger partial charge in [0, 0.05) is 12.1 Å². The molecule has 0 spiro atoms. The van der Waals surface area contributed by atoms with Gasteiger partial charge in [-0.15, -0.1) is 0 Å². The van der Waals surface area contributed by atoms with Gasteiger partial charge in [-0.3, -0.25) is 4.79 Å². The van der Waals surface area contributed by atoms with Crippen LogP contribution in [0.2, 0.25) is 0 Å². The zero-order valence-corrected chi connectivity index (χ0v) is 15.2. The summed E-state index contributed by atoms with van der Waals surface area (Å²) in [5, 5.41) is 0. The number of ketones is 1. The van der Waals surface area contributed by atoms with Crippen molar-refractivity contribution in [2.75, 3.05) is 7.11 Å². The van der Waals surface area contributed by atoms with Crippen LogP contribution in [0, 0.1) is 6.92 Å². The van der Waals surface area contributed by atoms with Crippen LogP contribution < -0.4 is 14.2 Å². The first-order chi connectivity index (χ1) is 13.5. The number of aryl methyl sites for hydroxylation is 1. The Bertz CT molecular complexity index is 1110. The number of rotatable bonds is 4. The maximum absolute atomic E-state index is 12.5. The number of fused-ring (bicyclic) bond motifs is 1. The first kappa shape index (κ1) is 17.6. The lowest BCUT2D eigenvalue weighted by Crippen LogP contribution is -2.10. The van der Waals surface area contributed by atoms with E-state index >= 15 is 0 Å². The highest BCUT2D eigenvalue weighted by atomic mass is 16.5. The van der Waals surface area contributed by atoms with E-state index in [4.69, 9.17) is 18.6 Å². The summed E-state index contributed by atoms with van der Waals surface area (Å²) in [4.78, 5) is 24.9. The number of allylic oxidation sites excluding steroid dienone is 1. The van der Waals surface area contributed by atoms with E-state index in [9.17, 15) is 9.59 Å². The zero-order valence-electron chi connectivity index (χ0n) is 15.2. The van der Waals surface area contributed by atoms with Crippen molar-refractivity contribution in [1.29, 1.82) is 0 Å². The Hall–Kier alpha value is -3.80. The van der Waals surface area contributed by atoms with Crippen LogP contribution in [0.25, 0.3) is 6.08 Å². The van der Waals surface area contributed by atoms with E-state index in [1.165, 1.54) is 19.3 Å². The fraction of sp³-hybridized carbons (Fsp3) is 0.0909. The number of esters is 1. The number of ether oxygens (including phenoxy) is 3. The van der Waals surface area contributed by atoms with Crippen molar-refractivity contribution in [2.24, 2.45) is 0 Å². The molecule has 6 heteroatoms. The Morgan fingerprint density at radius 1 is 1.07 bits per heavy atom. The van der Waals surface area contributed by atoms with E-state index in [1.807, 2.05) is 6.92 Å². The Kier molecular flexibility index (Phi) is 4.45. The molecule has 2 aromatic carbocycles. The third-order valence-electron chi connectivity index (χ3n) is 4.21. The predicted octanol–water partition coefficient (Wildman–Crippen LogP) is 4.43. The largest absolute Gasteiger partial charge is 0.496 e. The van der Waals surface area contributed by atoms with Gasteiger partial charge in [0.05, 0.1) is 12.7 Å². The molecule has 3 aromatic rings. The van der Waals surface area contributed by atoms with E-state index in [0.717, 1.165) is 5.76 Å². The van der Waals surface area contributed by atoms with Crippen molar-refractivity contribution in [3.05, 3.63) is 83.0 Å². The average molecular weight is 376 g/mol. The summed E-state index contributed by atoms with van der Waals surface area (Å²) in [7, 11) is 1.48. The first-order valence-electron chi connectivity index (χ1n) is 8.55. The number of benzene rings is 2. The topological polar surface area (TPSA) is 75.0 Å². The molecule has 2 heterocycles. The molecule has 1 aromatic heterocycles. The summed E-state index contributed by atoms with van der Waals surface area (Å²) in [6.45, 7) is 1.82. The number of carbonyl (C=O) groups is 2. The van der Waals surface area contributed by atoms with E-state index in [-0.39, 0.29) is 17.3 Å². The molecular weight excluding hydrogens is 360 g/mol. The van der Waals surface area contributed by atoms with Crippen LogP contribution in [0.5, 0.6) is 17.2 Å². The number of para-hydroxylation sites is 1. The highest BCUT2D eigenvalue weighted by Gasteiger charge is 2.28. The summed E-state index contributed by atoms with van der Waals surface area (Å²) < 4.78 is 21.7. The van der Waals surface area contributed by atoms with Crippen LogP contribution in [-0.2, 0) is 0 Å². The highest BCUT2D eigenvalue weighted by Crippen LogP contribution is 2.35. The molecule has 1 aliphatic heterocycles. The Balaban J connectivity index is 1.56. The van der Waals surface area contributed by atoms with Gasteiger partial charge in [0.1, 0.15) is 34.3 Å². The lowest BCUT2D eigenvalue weighted by molar-refractivity contribution is 0.0731. The second kappa shape index (κ2) is 7.08. The van der Waals surface area contributed by atoms with E-state index in [0.29, 0.717) is 28.4 Å². The molecule has 1 aliphatic rings. The van der Waals surface area contributed by atoms with Crippen LogP contribution in [0.1, 0.15) is 32.2 Å². The highest BCUT2D eigenvalue weighted by molar-refractivity contribution is 6.14. The molecular formula is C22H16O6. The maximum Gasteiger partial charge on any atom is 0.347 e. The van der Waals surface area contributed by atoms with Gasteiger partial charge in [0.2, 0.25) is 5.78 Å². The van der Waals surface area contributed by atoms with Gasteiger partial charge in [-0.1, -0.05) is 12.1 Å². The molecule has 0 fully saturated rings. The van der Waals surface area contributed by atoms with Crippen molar-refractivity contribution in [1.82, 2.24) is 0 Å². The van der Waals surface area contributed by atoms with Crippen LogP contribution in [0.15, 0.2) is 64.8 Å². The SMILES string of the molecule is COc1ccccc1C(=O)Oc1ccc2c(c1)O/C(=C\c1ccc(C)o1)C2=O. The molecule has 0 aliphatic carbocycles. The lowest BCUT2D eigenvalue weighted by atomic mass is 10.1. The summed E-state index contributed by atoms with van der Waals surface area (Å²) >= 11 is 0. The minimum atomic E-state index is -0.566. The third kappa shape index (κ3) is 3.27.